The van der Waals surface area contributed by atoms with Crippen molar-refractivity contribution in [3.63, 3.8) is 0 Å². The smallest absolute Gasteiger partial charge is 0.329 e. The summed E-state index contributed by atoms with van der Waals surface area (Å²) in [7, 11) is 0. The zero-order valence-corrected chi connectivity index (χ0v) is 20.8. The van der Waals surface area contributed by atoms with Crippen LogP contribution in [-0.4, -0.2) is 42.2 Å². The average molecular weight is 442 g/mol. The summed E-state index contributed by atoms with van der Waals surface area (Å²) in [5, 5.41) is 5.02. The molecule has 0 atom stereocenters. The lowest BCUT2D eigenvalue weighted by Crippen LogP contribution is -2.50. The van der Waals surface area contributed by atoms with Gasteiger partial charge in [0.15, 0.2) is 0 Å². The summed E-state index contributed by atoms with van der Waals surface area (Å²) in [5.74, 6) is 2.22. The highest BCUT2D eigenvalue weighted by molar-refractivity contribution is 7.99. The molecule has 0 radical (unpaired) electrons. The first kappa shape index (κ1) is 27.6. The molecule has 1 heterocycles. The van der Waals surface area contributed by atoms with Gasteiger partial charge >= 0.3 is 6.03 Å². The fourth-order valence-corrected chi connectivity index (χ4v) is 4.99. The van der Waals surface area contributed by atoms with E-state index in [-0.39, 0.29) is 6.03 Å². The Bertz CT molecular complexity index is 375. The number of hydrogen-bond donors (Lipinski definition) is 2. The minimum atomic E-state index is -0.0335. The highest BCUT2D eigenvalue weighted by Gasteiger charge is 2.12. The lowest BCUT2D eigenvalue weighted by atomic mass is 10.0. The number of thioether (sulfide) groups is 1. The maximum absolute atomic E-state index is 11.8. The molecule has 0 aromatic carbocycles. The van der Waals surface area contributed by atoms with Crippen LogP contribution in [0.25, 0.3) is 0 Å². The van der Waals surface area contributed by atoms with E-state index in [2.05, 4.69) is 17.7 Å². The first-order valence-corrected chi connectivity index (χ1v) is 14.4. The Kier molecular flexibility index (Phi) is 20.1. The minimum absolute atomic E-state index is 0.0335. The molecule has 30 heavy (non-hydrogen) atoms. The molecule has 1 aliphatic heterocycles. The average Bonchev–Trinajstić information content (AvgIpc) is 2.76. The SMILES string of the molecule is CCCCCCCCCCCCCCCCCCCCNC(=O)NN1CCSCC1. The van der Waals surface area contributed by atoms with E-state index < -0.39 is 0 Å². The molecule has 0 aliphatic carbocycles. The predicted molar refractivity (Wildman–Crippen MR) is 134 cm³/mol. The van der Waals surface area contributed by atoms with Crippen molar-refractivity contribution in [3.05, 3.63) is 0 Å². The number of hydrogen-bond acceptors (Lipinski definition) is 3. The second-order valence-corrected chi connectivity index (χ2v) is 10.2. The molecule has 2 N–H and O–H groups in total. The number of nitrogens with zero attached hydrogens (tertiary/aromatic N) is 1. The van der Waals surface area contributed by atoms with Gasteiger partial charge in [0.1, 0.15) is 0 Å². The molecule has 1 aliphatic rings. The van der Waals surface area contributed by atoms with Crippen LogP contribution in [0.4, 0.5) is 4.79 Å². The van der Waals surface area contributed by atoms with Gasteiger partial charge in [-0.15, -0.1) is 0 Å². The number of unbranched alkanes of at least 4 members (excludes halogenated alkanes) is 17. The number of urea groups is 1. The molecule has 4 nitrogen and oxygen atoms in total. The van der Waals surface area contributed by atoms with E-state index in [1.807, 2.05) is 16.8 Å². The van der Waals surface area contributed by atoms with Crippen LogP contribution in [0.2, 0.25) is 0 Å². The van der Waals surface area contributed by atoms with Crippen molar-refractivity contribution in [1.82, 2.24) is 15.8 Å². The van der Waals surface area contributed by atoms with E-state index in [0.717, 1.165) is 37.6 Å². The van der Waals surface area contributed by atoms with Crippen molar-refractivity contribution in [3.8, 4) is 0 Å². The molecule has 2 amide bonds. The Morgan fingerprint density at radius 1 is 0.667 bits per heavy atom. The van der Waals surface area contributed by atoms with Crippen LogP contribution in [-0.2, 0) is 0 Å². The molecule has 178 valence electrons. The van der Waals surface area contributed by atoms with Gasteiger partial charge in [0, 0.05) is 31.1 Å². The molecule has 5 heteroatoms. The van der Waals surface area contributed by atoms with Gasteiger partial charge in [-0.3, -0.25) is 5.43 Å². The fraction of sp³-hybridized carbons (Fsp3) is 0.960. The van der Waals surface area contributed by atoms with Crippen molar-refractivity contribution >= 4 is 17.8 Å². The van der Waals surface area contributed by atoms with Gasteiger partial charge in [-0.1, -0.05) is 116 Å². The maximum Gasteiger partial charge on any atom is 0.329 e. The predicted octanol–water partition coefficient (Wildman–Crippen LogP) is 7.29. The van der Waals surface area contributed by atoms with E-state index in [9.17, 15) is 4.79 Å². The summed E-state index contributed by atoms with van der Waals surface area (Å²) < 4.78 is 0. The van der Waals surface area contributed by atoms with Crippen molar-refractivity contribution < 1.29 is 4.79 Å². The van der Waals surface area contributed by atoms with Crippen molar-refractivity contribution in [2.24, 2.45) is 0 Å². The van der Waals surface area contributed by atoms with Gasteiger partial charge in [-0.2, -0.15) is 11.8 Å². The largest absolute Gasteiger partial charge is 0.337 e. The highest BCUT2D eigenvalue weighted by atomic mass is 32.2. The van der Waals surface area contributed by atoms with Crippen LogP contribution in [0.15, 0.2) is 0 Å². The second-order valence-electron chi connectivity index (χ2n) is 8.98. The molecule has 1 saturated heterocycles. The standard InChI is InChI=1S/C25H51N3OS/c1-2-3-4-5-6-7-8-9-10-11-12-13-14-15-16-17-18-19-20-26-25(29)27-28-21-23-30-24-22-28/h2-24H2,1H3,(H2,26,27,29). The van der Waals surface area contributed by atoms with Crippen LogP contribution in [0.1, 0.15) is 122 Å². The first-order chi connectivity index (χ1) is 14.8. The molecule has 0 bridgehead atoms. The molecule has 0 aromatic heterocycles. The van der Waals surface area contributed by atoms with Crippen LogP contribution < -0.4 is 10.7 Å². The van der Waals surface area contributed by atoms with Gasteiger partial charge in [-0.05, 0) is 6.42 Å². The highest BCUT2D eigenvalue weighted by Crippen LogP contribution is 2.14. The number of amides is 2. The number of hydrazine groups is 1. The maximum atomic E-state index is 11.8. The lowest BCUT2D eigenvalue weighted by Gasteiger charge is -2.26. The summed E-state index contributed by atoms with van der Waals surface area (Å²) in [6.45, 7) is 5.00. The third-order valence-corrected chi connectivity index (χ3v) is 7.03. The summed E-state index contributed by atoms with van der Waals surface area (Å²) >= 11 is 1.95. The normalized spacial score (nSPS) is 14.7. The first-order valence-electron chi connectivity index (χ1n) is 13.2. The van der Waals surface area contributed by atoms with Gasteiger partial charge < -0.3 is 5.32 Å². The van der Waals surface area contributed by atoms with Crippen molar-refractivity contribution in [2.45, 2.75) is 122 Å². The third kappa shape index (κ3) is 18.4. The van der Waals surface area contributed by atoms with Crippen LogP contribution >= 0.6 is 11.8 Å². The lowest BCUT2D eigenvalue weighted by molar-refractivity contribution is 0.186. The zero-order valence-electron chi connectivity index (χ0n) is 20.0. The molecule has 0 aromatic rings. The van der Waals surface area contributed by atoms with Gasteiger partial charge in [0.2, 0.25) is 0 Å². The number of carbonyl (C=O) groups excluding carboxylic acids is 1. The van der Waals surface area contributed by atoms with Crippen LogP contribution in [0.3, 0.4) is 0 Å². The van der Waals surface area contributed by atoms with E-state index in [4.69, 9.17) is 0 Å². The van der Waals surface area contributed by atoms with E-state index in [1.165, 1.54) is 109 Å². The second kappa shape index (κ2) is 21.8. The number of nitrogens with one attached hydrogen (secondary N) is 2. The quantitative estimate of drug-likeness (QED) is 0.195. The third-order valence-electron chi connectivity index (χ3n) is 6.09. The van der Waals surface area contributed by atoms with Crippen molar-refractivity contribution in [2.75, 3.05) is 31.1 Å². The number of carbonyl (C=O) groups is 1. The molecule has 0 saturated carbocycles. The van der Waals surface area contributed by atoms with E-state index in [0.29, 0.717) is 0 Å². The summed E-state index contributed by atoms with van der Waals surface area (Å²) in [4.78, 5) is 11.8. The van der Waals surface area contributed by atoms with E-state index in [1.54, 1.807) is 0 Å². The topological polar surface area (TPSA) is 44.4 Å². The van der Waals surface area contributed by atoms with E-state index >= 15 is 0 Å². The molecule has 1 rings (SSSR count). The Hall–Kier alpha value is -0.420. The Balaban J connectivity index is 1.69. The van der Waals surface area contributed by atoms with Crippen LogP contribution in [0, 0.1) is 0 Å². The van der Waals surface area contributed by atoms with Gasteiger partial charge in [0.05, 0.1) is 0 Å². The molecule has 1 fully saturated rings. The van der Waals surface area contributed by atoms with Crippen molar-refractivity contribution in [1.29, 1.82) is 0 Å². The molecule has 0 spiro atoms. The van der Waals surface area contributed by atoms with Crippen LogP contribution in [0.5, 0.6) is 0 Å². The Morgan fingerprint density at radius 3 is 1.50 bits per heavy atom. The molecular weight excluding hydrogens is 390 g/mol. The monoisotopic (exact) mass is 441 g/mol. The van der Waals surface area contributed by atoms with Gasteiger partial charge in [0.25, 0.3) is 0 Å². The Labute approximate surface area is 192 Å². The zero-order chi connectivity index (χ0) is 21.5. The summed E-state index contributed by atoms with van der Waals surface area (Å²) in [6.07, 6.45) is 25.1. The summed E-state index contributed by atoms with van der Waals surface area (Å²) in [6, 6.07) is -0.0335. The summed E-state index contributed by atoms with van der Waals surface area (Å²) in [5.41, 5.74) is 2.95. The Morgan fingerprint density at radius 2 is 1.07 bits per heavy atom. The van der Waals surface area contributed by atoms with Gasteiger partial charge in [-0.25, -0.2) is 9.80 Å². The number of rotatable bonds is 20. The minimum Gasteiger partial charge on any atom is -0.337 e. The fourth-order valence-electron chi connectivity index (χ4n) is 4.09. The molecule has 0 unspecified atom stereocenters. The molecular formula is C25H51N3OS.